The molecule has 3 N–H and O–H groups in total. The van der Waals surface area contributed by atoms with Crippen molar-refractivity contribution in [2.75, 3.05) is 13.1 Å². The summed E-state index contributed by atoms with van der Waals surface area (Å²) >= 11 is 0. The van der Waals surface area contributed by atoms with Crippen molar-refractivity contribution in [3.05, 3.63) is 96.8 Å². The summed E-state index contributed by atoms with van der Waals surface area (Å²) in [7, 11) is 0. The Morgan fingerprint density at radius 1 is 1.06 bits per heavy atom. The molecule has 0 saturated carbocycles. The van der Waals surface area contributed by atoms with Crippen LogP contribution in [0, 0.1) is 0 Å². The van der Waals surface area contributed by atoms with Gasteiger partial charge in [-0.15, -0.1) is 0 Å². The molecule has 7 heteroatoms. The fourth-order valence-corrected chi connectivity index (χ4v) is 4.38. The number of furan rings is 1. The number of aromatic nitrogens is 5. The van der Waals surface area contributed by atoms with Gasteiger partial charge in [0.25, 0.3) is 0 Å². The van der Waals surface area contributed by atoms with Crippen molar-refractivity contribution >= 4 is 27.5 Å². The summed E-state index contributed by atoms with van der Waals surface area (Å²) in [5.41, 5.74) is 9.48. The number of hydrogen-bond acceptors (Lipinski definition) is 5. The number of nitrogens with one attached hydrogen (secondary N) is 3. The molecule has 5 heterocycles. The van der Waals surface area contributed by atoms with Crippen LogP contribution in [0.4, 0.5) is 0 Å². The highest BCUT2D eigenvalue weighted by atomic mass is 16.3. The van der Waals surface area contributed by atoms with Gasteiger partial charge in [0.1, 0.15) is 0 Å². The van der Waals surface area contributed by atoms with Gasteiger partial charge < -0.3 is 14.7 Å². The SMILES string of the molecule is C=C1C=CC(CNCC)=CC(c2cnc3n[nH]c(-c4cc5c(-c6ccoc6)nccc5[nH]4)c3c2)=C1. The third-order valence-corrected chi connectivity index (χ3v) is 6.13. The second-order valence-corrected chi connectivity index (χ2v) is 8.52. The van der Waals surface area contributed by atoms with E-state index in [-0.39, 0.29) is 0 Å². The van der Waals surface area contributed by atoms with Crippen LogP contribution >= 0.6 is 0 Å². The lowest BCUT2D eigenvalue weighted by Gasteiger charge is -2.06. The maximum absolute atomic E-state index is 5.27. The van der Waals surface area contributed by atoms with Crippen LogP contribution in [0.25, 0.3) is 50.2 Å². The lowest BCUT2D eigenvalue weighted by molar-refractivity contribution is 0.568. The normalized spacial score (nSPS) is 13.9. The van der Waals surface area contributed by atoms with Gasteiger partial charge >= 0.3 is 0 Å². The highest BCUT2D eigenvalue weighted by Crippen LogP contribution is 2.34. The molecule has 172 valence electrons. The number of nitrogens with zero attached hydrogens (tertiary/aromatic N) is 3. The molecule has 0 spiro atoms. The number of fused-ring (bicyclic) bond motifs is 2. The molecule has 0 atom stereocenters. The van der Waals surface area contributed by atoms with Crippen molar-refractivity contribution in [3.8, 4) is 22.6 Å². The average Bonchev–Trinajstić information content (AvgIpc) is 3.61. The Morgan fingerprint density at radius 2 is 2.00 bits per heavy atom. The van der Waals surface area contributed by atoms with Crippen molar-refractivity contribution in [2.24, 2.45) is 0 Å². The molecule has 5 aromatic heterocycles. The highest BCUT2D eigenvalue weighted by molar-refractivity contribution is 6.00. The lowest BCUT2D eigenvalue weighted by Crippen LogP contribution is -2.15. The second-order valence-electron chi connectivity index (χ2n) is 8.52. The Bertz CT molecular complexity index is 1650. The molecule has 0 saturated heterocycles. The van der Waals surface area contributed by atoms with Gasteiger partial charge in [-0.25, -0.2) is 4.98 Å². The Hall–Kier alpha value is -4.49. The molecule has 5 aromatic rings. The van der Waals surface area contributed by atoms with Gasteiger partial charge in [0.15, 0.2) is 5.65 Å². The molecule has 0 amide bonds. The van der Waals surface area contributed by atoms with Crippen LogP contribution in [-0.2, 0) is 0 Å². The number of likely N-dealkylation sites (N-methyl/N-ethyl adjacent to an activating group) is 1. The molecule has 1 aliphatic rings. The minimum atomic E-state index is 0.665. The lowest BCUT2D eigenvalue weighted by atomic mass is 10.0. The molecule has 0 unspecified atom stereocenters. The third-order valence-electron chi connectivity index (χ3n) is 6.13. The summed E-state index contributed by atoms with van der Waals surface area (Å²) in [4.78, 5) is 12.7. The van der Waals surface area contributed by atoms with Gasteiger partial charge in [-0.1, -0.05) is 25.7 Å². The minimum Gasteiger partial charge on any atom is -0.472 e. The van der Waals surface area contributed by atoms with Gasteiger partial charge in [-0.3, -0.25) is 10.1 Å². The zero-order chi connectivity index (χ0) is 23.8. The smallest absolute Gasteiger partial charge is 0.181 e. The number of allylic oxidation sites excluding steroid dienone is 5. The summed E-state index contributed by atoms with van der Waals surface area (Å²) in [5.74, 6) is 0. The summed E-state index contributed by atoms with van der Waals surface area (Å²) in [6.07, 6.45) is 15.5. The first-order chi connectivity index (χ1) is 17.2. The zero-order valence-electron chi connectivity index (χ0n) is 19.3. The van der Waals surface area contributed by atoms with E-state index in [9.17, 15) is 0 Å². The van der Waals surface area contributed by atoms with E-state index in [0.29, 0.717) is 5.65 Å². The summed E-state index contributed by atoms with van der Waals surface area (Å²) in [6.45, 7) is 7.98. The van der Waals surface area contributed by atoms with Crippen molar-refractivity contribution in [2.45, 2.75) is 6.92 Å². The predicted molar refractivity (Wildman–Crippen MR) is 140 cm³/mol. The number of hydrogen-bond donors (Lipinski definition) is 3. The van der Waals surface area contributed by atoms with Crippen molar-refractivity contribution in [3.63, 3.8) is 0 Å². The van der Waals surface area contributed by atoms with Gasteiger partial charge in [-0.05, 0) is 59.7 Å². The third kappa shape index (κ3) is 3.92. The number of pyridine rings is 2. The maximum Gasteiger partial charge on any atom is 0.181 e. The first-order valence-electron chi connectivity index (χ1n) is 11.5. The van der Waals surface area contributed by atoms with E-state index in [1.807, 2.05) is 24.4 Å². The van der Waals surface area contributed by atoms with Crippen LogP contribution in [0.15, 0.2) is 95.6 Å². The molecule has 1 aliphatic carbocycles. The molecular formula is C28H24N6O. The van der Waals surface area contributed by atoms with Crippen LogP contribution in [0.5, 0.6) is 0 Å². The van der Waals surface area contributed by atoms with E-state index in [2.05, 4.69) is 74.3 Å². The first kappa shape index (κ1) is 21.1. The van der Waals surface area contributed by atoms with Gasteiger partial charge in [-0.2, -0.15) is 5.10 Å². The number of H-pyrrole nitrogens is 2. The van der Waals surface area contributed by atoms with E-state index in [4.69, 9.17) is 4.42 Å². The fraction of sp³-hybridized carbons (Fsp3) is 0.107. The molecule has 0 aromatic carbocycles. The van der Waals surface area contributed by atoms with Crippen molar-refractivity contribution < 1.29 is 4.42 Å². The van der Waals surface area contributed by atoms with Gasteiger partial charge in [0, 0.05) is 46.4 Å². The maximum atomic E-state index is 5.27. The molecular weight excluding hydrogens is 436 g/mol. The average molecular weight is 461 g/mol. The Labute approximate surface area is 202 Å². The molecule has 0 aliphatic heterocycles. The molecule has 0 radical (unpaired) electrons. The summed E-state index contributed by atoms with van der Waals surface area (Å²) < 4.78 is 5.27. The standard InChI is InChI=1S/C28H24N6O/c1-3-29-14-18-5-4-17(2)10-20(11-18)21-12-23-27(33-34-28(23)31-15-21)25-13-22-24(32-25)6-8-30-26(22)19-7-9-35-16-19/h4-13,15-16,29,32H,2-3,14H2,1H3,(H,31,33,34). The quantitative estimate of drug-likeness (QED) is 0.297. The van der Waals surface area contributed by atoms with Crippen molar-refractivity contribution in [1.29, 1.82) is 0 Å². The van der Waals surface area contributed by atoms with E-state index in [0.717, 1.165) is 68.7 Å². The molecule has 0 fully saturated rings. The summed E-state index contributed by atoms with van der Waals surface area (Å²) in [6, 6.07) is 8.11. The largest absolute Gasteiger partial charge is 0.472 e. The molecule has 6 rings (SSSR count). The van der Waals surface area contributed by atoms with Gasteiger partial charge in [0.05, 0.1) is 29.6 Å². The van der Waals surface area contributed by atoms with Crippen molar-refractivity contribution in [1.82, 2.24) is 30.5 Å². The van der Waals surface area contributed by atoms with E-state index >= 15 is 0 Å². The zero-order valence-corrected chi connectivity index (χ0v) is 19.3. The van der Waals surface area contributed by atoms with E-state index in [1.165, 1.54) is 5.57 Å². The minimum absolute atomic E-state index is 0.665. The topological polar surface area (TPSA) is 95.4 Å². The fourth-order valence-electron chi connectivity index (χ4n) is 4.38. The van der Waals surface area contributed by atoms with E-state index < -0.39 is 0 Å². The summed E-state index contributed by atoms with van der Waals surface area (Å²) in [5, 5.41) is 13.0. The second kappa shape index (κ2) is 8.70. The molecule has 0 bridgehead atoms. The van der Waals surface area contributed by atoms with Crippen LogP contribution in [0.3, 0.4) is 0 Å². The monoisotopic (exact) mass is 460 g/mol. The van der Waals surface area contributed by atoms with Crippen LogP contribution in [-0.4, -0.2) is 38.2 Å². The van der Waals surface area contributed by atoms with E-state index in [1.54, 1.807) is 18.7 Å². The molecule has 35 heavy (non-hydrogen) atoms. The number of rotatable bonds is 6. The van der Waals surface area contributed by atoms with Crippen LogP contribution < -0.4 is 5.32 Å². The highest BCUT2D eigenvalue weighted by Gasteiger charge is 2.16. The number of aromatic amines is 2. The van der Waals surface area contributed by atoms with Crippen LogP contribution in [0.1, 0.15) is 12.5 Å². The first-order valence-corrected chi connectivity index (χ1v) is 11.5. The predicted octanol–water partition coefficient (Wildman–Crippen LogP) is 5.81. The Kier molecular flexibility index (Phi) is 5.24. The Morgan fingerprint density at radius 3 is 2.86 bits per heavy atom. The van der Waals surface area contributed by atoms with Crippen LogP contribution in [0.2, 0.25) is 0 Å². The Balaban J connectivity index is 1.44. The molecule has 7 nitrogen and oxygen atoms in total. The van der Waals surface area contributed by atoms with Gasteiger partial charge in [0.2, 0.25) is 0 Å².